The van der Waals surface area contributed by atoms with Gasteiger partial charge in [-0.25, -0.2) is 4.98 Å². The highest BCUT2D eigenvalue weighted by Gasteiger charge is 2.25. The number of nitrogens with zero attached hydrogens (tertiary/aromatic N) is 2. The number of carbonyl (C=O) groups is 1. The second-order valence-corrected chi connectivity index (χ2v) is 9.10. The molecule has 0 aromatic carbocycles. The highest BCUT2D eigenvalue weighted by molar-refractivity contribution is 7.80. The quantitative estimate of drug-likeness (QED) is 0.418. The zero-order valence-corrected chi connectivity index (χ0v) is 18.4. The topological polar surface area (TPSA) is 95.3 Å². The van der Waals surface area contributed by atoms with Crippen LogP contribution < -0.4 is 21.8 Å². The van der Waals surface area contributed by atoms with Gasteiger partial charge in [-0.3, -0.25) is 15.2 Å². The van der Waals surface area contributed by atoms with E-state index in [4.69, 9.17) is 30.2 Å². The van der Waals surface area contributed by atoms with E-state index in [9.17, 15) is 4.79 Å². The fourth-order valence-electron chi connectivity index (χ4n) is 3.83. The van der Waals surface area contributed by atoms with Gasteiger partial charge in [-0.15, -0.1) is 11.3 Å². The minimum atomic E-state index is -0.311. The van der Waals surface area contributed by atoms with Gasteiger partial charge in [0.15, 0.2) is 15.4 Å². The van der Waals surface area contributed by atoms with Crippen molar-refractivity contribution in [1.82, 2.24) is 20.7 Å². The van der Waals surface area contributed by atoms with Gasteiger partial charge in [-0.1, -0.05) is 38.5 Å². The molecule has 0 saturated heterocycles. The van der Waals surface area contributed by atoms with E-state index in [2.05, 4.69) is 21.0 Å². The Balaban J connectivity index is 1.53. The number of thiocarbonyl (C=S) groups is 2. The van der Waals surface area contributed by atoms with E-state index < -0.39 is 0 Å². The number of carbonyl (C=O) groups excluding carboxylic acids is 1. The van der Waals surface area contributed by atoms with Crippen LogP contribution in [0.5, 0.6) is 0 Å². The van der Waals surface area contributed by atoms with Crippen LogP contribution in [0.3, 0.4) is 0 Å². The number of amides is 1. The zero-order valence-electron chi connectivity index (χ0n) is 15.9. The van der Waals surface area contributed by atoms with Crippen molar-refractivity contribution in [1.29, 1.82) is 0 Å². The van der Waals surface area contributed by atoms with Crippen molar-refractivity contribution < 1.29 is 4.79 Å². The van der Waals surface area contributed by atoms with Gasteiger partial charge in [0.25, 0.3) is 5.91 Å². The Morgan fingerprint density at radius 1 is 1.11 bits per heavy atom. The molecular weight excluding hydrogens is 412 g/mol. The molecule has 154 valence electrons. The molecule has 2 saturated carbocycles. The fourth-order valence-corrected chi connectivity index (χ4v) is 5.05. The van der Waals surface area contributed by atoms with Crippen LogP contribution in [0.2, 0.25) is 0 Å². The molecule has 5 N–H and O–H groups in total. The molecule has 10 heteroatoms. The molecule has 0 unspecified atom stereocenters. The summed E-state index contributed by atoms with van der Waals surface area (Å²) in [5.74, 6) is -0.311. The van der Waals surface area contributed by atoms with Gasteiger partial charge in [0.2, 0.25) is 0 Å². The Hall–Kier alpha value is -1.52. The Morgan fingerprint density at radius 2 is 1.75 bits per heavy atom. The summed E-state index contributed by atoms with van der Waals surface area (Å²) in [6.45, 7) is 0. The van der Waals surface area contributed by atoms with E-state index >= 15 is 0 Å². The Bertz CT molecular complexity index is 697. The number of nitrogens with two attached hydrogens (primary N) is 1. The highest BCUT2D eigenvalue weighted by atomic mass is 32.1. The molecule has 1 aromatic heterocycles. The summed E-state index contributed by atoms with van der Waals surface area (Å²) < 4.78 is 0. The predicted octanol–water partition coefficient (Wildman–Crippen LogP) is 3.29. The van der Waals surface area contributed by atoms with Crippen LogP contribution in [0, 0.1) is 0 Å². The maximum atomic E-state index is 12.6. The lowest BCUT2D eigenvalue weighted by atomic mass is 9.95. The molecule has 2 aliphatic rings. The summed E-state index contributed by atoms with van der Waals surface area (Å²) in [4.78, 5) is 17.0. The van der Waals surface area contributed by atoms with Crippen molar-refractivity contribution in [3.05, 3.63) is 11.1 Å². The highest BCUT2D eigenvalue weighted by Crippen LogP contribution is 2.22. The fraction of sp³-hybridized carbons (Fsp3) is 0.667. The minimum absolute atomic E-state index is 0.152. The minimum Gasteiger partial charge on any atom is -0.375 e. The van der Waals surface area contributed by atoms with E-state index in [1.165, 1.54) is 37.0 Å². The molecule has 0 aliphatic heterocycles. The molecule has 1 heterocycles. The van der Waals surface area contributed by atoms with Crippen LogP contribution in [0.1, 0.15) is 74.7 Å². The first-order valence-electron chi connectivity index (χ1n) is 9.95. The van der Waals surface area contributed by atoms with Crippen LogP contribution in [-0.2, 0) is 0 Å². The number of aromatic nitrogens is 1. The van der Waals surface area contributed by atoms with Crippen LogP contribution in [0.25, 0.3) is 0 Å². The zero-order chi connectivity index (χ0) is 19.9. The molecule has 0 bridgehead atoms. The van der Waals surface area contributed by atoms with Gasteiger partial charge < -0.3 is 16.4 Å². The molecular formula is C18H28N6OS3. The van der Waals surface area contributed by atoms with E-state index in [0.717, 1.165) is 38.5 Å². The molecule has 0 radical (unpaired) electrons. The van der Waals surface area contributed by atoms with Crippen LogP contribution >= 0.6 is 35.8 Å². The Kier molecular flexibility index (Phi) is 7.81. The SMILES string of the molecule is NC(=S)N(NC(=O)c1csc(NC(=S)NC2CCCCC2)n1)C1CCCCC1. The smallest absolute Gasteiger partial charge is 0.289 e. The second-order valence-electron chi connectivity index (χ2n) is 7.41. The van der Waals surface area contributed by atoms with Crippen LogP contribution in [0.4, 0.5) is 5.13 Å². The summed E-state index contributed by atoms with van der Waals surface area (Å²) >= 11 is 11.9. The molecule has 2 fully saturated rings. The molecule has 7 nitrogen and oxygen atoms in total. The summed E-state index contributed by atoms with van der Waals surface area (Å²) in [6, 6.07) is 0.574. The van der Waals surface area contributed by atoms with Gasteiger partial charge >= 0.3 is 0 Å². The first-order chi connectivity index (χ1) is 13.5. The molecule has 28 heavy (non-hydrogen) atoms. The lowest BCUT2D eigenvalue weighted by molar-refractivity contribution is 0.0804. The molecule has 1 amide bonds. The molecule has 3 rings (SSSR count). The van der Waals surface area contributed by atoms with Crippen molar-refractivity contribution in [3.8, 4) is 0 Å². The molecule has 0 atom stereocenters. The van der Waals surface area contributed by atoms with Gasteiger partial charge in [-0.05, 0) is 50.1 Å². The second kappa shape index (κ2) is 10.3. The van der Waals surface area contributed by atoms with Crippen LogP contribution in [-0.4, -0.2) is 38.2 Å². The number of hydrazine groups is 1. The summed E-state index contributed by atoms with van der Waals surface area (Å²) in [7, 11) is 0. The van der Waals surface area contributed by atoms with Crippen molar-refractivity contribution >= 4 is 57.0 Å². The Labute approximate surface area is 180 Å². The number of rotatable bonds is 4. The largest absolute Gasteiger partial charge is 0.375 e. The summed E-state index contributed by atoms with van der Waals surface area (Å²) in [5, 5.41) is 11.1. The predicted molar refractivity (Wildman–Crippen MR) is 121 cm³/mol. The number of thiazole rings is 1. The van der Waals surface area contributed by atoms with E-state index in [0.29, 0.717) is 22.0 Å². The van der Waals surface area contributed by atoms with E-state index in [-0.39, 0.29) is 17.1 Å². The first-order valence-corrected chi connectivity index (χ1v) is 11.6. The van der Waals surface area contributed by atoms with Crippen LogP contribution in [0.15, 0.2) is 5.38 Å². The lowest BCUT2D eigenvalue weighted by Gasteiger charge is -2.34. The van der Waals surface area contributed by atoms with Crippen molar-refractivity contribution in [3.63, 3.8) is 0 Å². The van der Waals surface area contributed by atoms with E-state index in [1.54, 1.807) is 10.4 Å². The molecule has 0 spiro atoms. The van der Waals surface area contributed by atoms with Gasteiger partial charge in [0.1, 0.15) is 5.69 Å². The van der Waals surface area contributed by atoms with Crippen molar-refractivity contribution in [2.45, 2.75) is 76.3 Å². The normalized spacial score (nSPS) is 18.3. The van der Waals surface area contributed by atoms with E-state index in [1.807, 2.05) is 0 Å². The van der Waals surface area contributed by atoms with Gasteiger partial charge in [0.05, 0.1) is 6.04 Å². The average Bonchev–Trinajstić information content (AvgIpc) is 3.15. The maximum absolute atomic E-state index is 12.6. The summed E-state index contributed by atoms with van der Waals surface area (Å²) in [5.41, 5.74) is 9.00. The number of hydrogen-bond acceptors (Lipinski definition) is 5. The maximum Gasteiger partial charge on any atom is 0.289 e. The number of anilines is 1. The number of nitrogens with one attached hydrogen (secondary N) is 3. The third-order valence-electron chi connectivity index (χ3n) is 5.30. The van der Waals surface area contributed by atoms with Gasteiger partial charge in [0, 0.05) is 11.4 Å². The third kappa shape index (κ3) is 5.99. The van der Waals surface area contributed by atoms with Crippen molar-refractivity contribution in [2.75, 3.05) is 5.32 Å². The summed E-state index contributed by atoms with van der Waals surface area (Å²) in [6.07, 6.45) is 11.5. The Morgan fingerprint density at radius 3 is 2.39 bits per heavy atom. The molecule has 1 aromatic rings. The monoisotopic (exact) mass is 440 g/mol. The third-order valence-corrected chi connectivity index (χ3v) is 6.47. The molecule has 2 aliphatic carbocycles. The average molecular weight is 441 g/mol. The standard InChI is InChI=1S/C18H28N6OS3/c19-16(26)24(13-9-5-2-6-10-13)23-15(25)14-11-28-18(21-14)22-17(27)20-12-7-3-1-4-8-12/h11-13H,1-10H2,(H2,19,26)(H,23,25)(H2,20,21,22,27). The lowest BCUT2D eigenvalue weighted by Crippen LogP contribution is -2.54. The first kappa shape index (κ1) is 21.2. The van der Waals surface area contributed by atoms with Gasteiger partial charge in [-0.2, -0.15) is 0 Å². The van der Waals surface area contributed by atoms with Crippen molar-refractivity contribution in [2.24, 2.45) is 5.73 Å². The number of hydrogen-bond donors (Lipinski definition) is 4.